The minimum absolute atomic E-state index is 0. The van der Waals surface area contributed by atoms with Gasteiger partial charge in [-0.15, -0.1) is 12.4 Å². The largest absolute Gasteiger partial charge is 0.484 e. The summed E-state index contributed by atoms with van der Waals surface area (Å²) >= 11 is 0. The highest BCUT2D eigenvalue weighted by Crippen LogP contribution is 2.15. The van der Waals surface area contributed by atoms with Gasteiger partial charge in [-0.05, 0) is 30.2 Å². The zero-order chi connectivity index (χ0) is 18.1. The molecule has 0 saturated carbocycles. The van der Waals surface area contributed by atoms with Gasteiger partial charge in [-0.25, -0.2) is 0 Å². The van der Waals surface area contributed by atoms with Crippen LogP contribution in [0.4, 0.5) is 5.69 Å². The average Bonchev–Trinajstić information content (AvgIpc) is 2.57. The van der Waals surface area contributed by atoms with Crippen molar-refractivity contribution in [1.29, 1.82) is 0 Å². The zero-order valence-electron chi connectivity index (χ0n) is 14.5. The maximum Gasteiger partial charge on any atom is 0.257 e. The first-order valence-corrected chi connectivity index (χ1v) is 7.60. The van der Waals surface area contributed by atoms with Gasteiger partial charge in [-0.3, -0.25) is 14.4 Å². The third-order valence-corrected chi connectivity index (χ3v) is 3.23. The molecule has 0 radical (unpaired) electrons. The topological polar surface area (TPSA) is 123 Å². The van der Waals surface area contributed by atoms with E-state index in [2.05, 4.69) is 16.0 Å². The smallest absolute Gasteiger partial charge is 0.257 e. The molecular weight excluding hydrogens is 348 g/mol. The van der Waals surface area contributed by atoms with E-state index >= 15 is 0 Å². The van der Waals surface area contributed by atoms with Crippen LogP contribution in [0.2, 0.25) is 0 Å². The standard InChI is InChI=1S/C16H24N4O4.ClH/c1-10(2)15(17)16(23)19-8-13(21)20-11-4-6-12(7-5-11)24-9-14(22)18-3;/h4-7,10,15H,8-9,17H2,1-3H3,(H,18,22)(H,19,23)(H,20,21);1H/t15-;/m0./s1. The first kappa shape index (κ1) is 22.7. The van der Waals surface area contributed by atoms with Crippen LogP contribution in [0.1, 0.15) is 13.8 Å². The molecule has 5 N–H and O–H groups in total. The summed E-state index contributed by atoms with van der Waals surface area (Å²) in [7, 11) is 1.52. The van der Waals surface area contributed by atoms with Crippen molar-refractivity contribution in [3.63, 3.8) is 0 Å². The minimum Gasteiger partial charge on any atom is -0.484 e. The average molecular weight is 373 g/mol. The van der Waals surface area contributed by atoms with E-state index in [1.165, 1.54) is 7.05 Å². The van der Waals surface area contributed by atoms with E-state index in [9.17, 15) is 14.4 Å². The number of halogens is 1. The highest BCUT2D eigenvalue weighted by molar-refractivity contribution is 5.95. The molecule has 1 rings (SSSR count). The van der Waals surface area contributed by atoms with Gasteiger partial charge in [0, 0.05) is 12.7 Å². The number of rotatable bonds is 8. The van der Waals surface area contributed by atoms with Gasteiger partial charge in [-0.2, -0.15) is 0 Å². The highest BCUT2D eigenvalue weighted by Gasteiger charge is 2.17. The second-order valence-corrected chi connectivity index (χ2v) is 5.52. The maximum atomic E-state index is 11.8. The number of hydrogen-bond acceptors (Lipinski definition) is 5. The second kappa shape index (κ2) is 11.3. The van der Waals surface area contributed by atoms with Crippen LogP contribution >= 0.6 is 12.4 Å². The van der Waals surface area contributed by atoms with Crippen LogP contribution in [0, 0.1) is 5.92 Å². The molecule has 0 aliphatic carbocycles. The lowest BCUT2D eigenvalue weighted by atomic mass is 10.1. The molecule has 0 aliphatic heterocycles. The van der Waals surface area contributed by atoms with Crippen LogP contribution in [-0.2, 0) is 14.4 Å². The number of hydrogen-bond donors (Lipinski definition) is 4. The quantitative estimate of drug-likeness (QED) is 0.521. The molecular formula is C16H25ClN4O4. The van der Waals surface area contributed by atoms with Gasteiger partial charge in [0.05, 0.1) is 12.6 Å². The van der Waals surface area contributed by atoms with E-state index in [0.717, 1.165) is 0 Å². The normalized spacial score (nSPS) is 11.1. The predicted octanol–water partition coefficient (Wildman–Crippen LogP) is 0.271. The van der Waals surface area contributed by atoms with E-state index < -0.39 is 6.04 Å². The predicted molar refractivity (Wildman–Crippen MR) is 97.7 cm³/mol. The number of nitrogens with two attached hydrogens (primary N) is 1. The lowest BCUT2D eigenvalue weighted by molar-refractivity contribution is -0.125. The van der Waals surface area contributed by atoms with Crippen molar-refractivity contribution in [1.82, 2.24) is 10.6 Å². The third-order valence-electron chi connectivity index (χ3n) is 3.23. The Morgan fingerprint density at radius 1 is 1.12 bits per heavy atom. The van der Waals surface area contributed by atoms with Crippen LogP contribution in [0.15, 0.2) is 24.3 Å². The molecule has 0 aliphatic rings. The van der Waals surface area contributed by atoms with Crippen molar-refractivity contribution in [2.45, 2.75) is 19.9 Å². The molecule has 1 aromatic rings. The SMILES string of the molecule is CNC(=O)COc1ccc(NC(=O)CNC(=O)[C@@H](N)C(C)C)cc1.Cl. The van der Waals surface area contributed by atoms with Gasteiger partial charge in [0.1, 0.15) is 5.75 Å². The fraction of sp³-hybridized carbons (Fsp3) is 0.438. The molecule has 1 atom stereocenters. The van der Waals surface area contributed by atoms with Crippen LogP contribution in [0.5, 0.6) is 5.75 Å². The van der Waals surface area contributed by atoms with Crippen molar-refractivity contribution in [2.24, 2.45) is 11.7 Å². The van der Waals surface area contributed by atoms with Gasteiger partial charge in [0.15, 0.2) is 6.61 Å². The number of carbonyl (C=O) groups excluding carboxylic acids is 3. The van der Waals surface area contributed by atoms with Crippen molar-refractivity contribution >= 4 is 35.8 Å². The molecule has 0 unspecified atom stereocenters. The Bertz CT molecular complexity index is 578. The Labute approximate surface area is 153 Å². The number of amides is 3. The Morgan fingerprint density at radius 3 is 2.24 bits per heavy atom. The Morgan fingerprint density at radius 2 is 1.72 bits per heavy atom. The van der Waals surface area contributed by atoms with Gasteiger partial charge in [-0.1, -0.05) is 13.8 Å². The van der Waals surface area contributed by atoms with Gasteiger partial charge >= 0.3 is 0 Å². The van der Waals surface area contributed by atoms with Crippen LogP contribution < -0.4 is 26.4 Å². The van der Waals surface area contributed by atoms with Crippen molar-refractivity contribution in [3.05, 3.63) is 24.3 Å². The summed E-state index contributed by atoms with van der Waals surface area (Å²) in [5, 5.41) is 7.57. The van der Waals surface area contributed by atoms with Crippen LogP contribution in [0.3, 0.4) is 0 Å². The summed E-state index contributed by atoms with van der Waals surface area (Å²) < 4.78 is 5.25. The van der Waals surface area contributed by atoms with E-state index in [-0.39, 0.29) is 49.2 Å². The fourth-order valence-corrected chi connectivity index (χ4v) is 1.65. The second-order valence-electron chi connectivity index (χ2n) is 5.52. The molecule has 0 spiro atoms. The molecule has 9 heteroatoms. The fourth-order valence-electron chi connectivity index (χ4n) is 1.65. The first-order valence-electron chi connectivity index (χ1n) is 7.60. The molecule has 0 saturated heterocycles. The number of nitrogens with one attached hydrogen (secondary N) is 3. The lowest BCUT2D eigenvalue weighted by Crippen LogP contribution is -2.46. The zero-order valence-corrected chi connectivity index (χ0v) is 15.3. The number of likely N-dealkylation sites (N-methyl/N-ethyl adjacent to an activating group) is 1. The van der Waals surface area contributed by atoms with E-state index in [4.69, 9.17) is 10.5 Å². The monoisotopic (exact) mass is 372 g/mol. The van der Waals surface area contributed by atoms with Gasteiger partial charge < -0.3 is 26.4 Å². The van der Waals surface area contributed by atoms with Crippen LogP contribution in [-0.4, -0.2) is 44.0 Å². The maximum absolute atomic E-state index is 11.8. The number of anilines is 1. The molecule has 1 aromatic carbocycles. The summed E-state index contributed by atoms with van der Waals surface area (Å²) in [5.74, 6) is -0.456. The summed E-state index contributed by atoms with van der Waals surface area (Å²) in [5.41, 5.74) is 6.24. The minimum atomic E-state index is -0.644. The molecule has 140 valence electrons. The van der Waals surface area contributed by atoms with E-state index in [1.54, 1.807) is 24.3 Å². The van der Waals surface area contributed by atoms with Gasteiger partial charge in [0.2, 0.25) is 11.8 Å². The van der Waals surface area contributed by atoms with E-state index in [1.807, 2.05) is 13.8 Å². The van der Waals surface area contributed by atoms with Crippen molar-refractivity contribution < 1.29 is 19.1 Å². The first-order chi connectivity index (χ1) is 11.3. The molecule has 8 nitrogen and oxygen atoms in total. The summed E-state index contributed by atoms with van der Waals surface area (Å²) in [6.07, 6.45) is 0. The summed E-state index contributed by atoms with van der Waals surface area (Å²) in [6, 6.07) is 5.89. The number of ether oxygens (including phenoxy) is 1. The molecule has 0 bridgehead atoms. The number of carbonyl (C=O) groups is 3. The lowest BCUT2D eigenvalue weighted by Gasteiger charge is -2.15. The Kier molecular flexibility index (Phi) is 10.2. The molecule has 25 heavy (non-hydrogen) atoms. The van der Waals surface area contributed by atoms with E-state index in [0.29, 0.717) is 11.4 Å². The molecule has 3 amide bonds. The van der Waals surface area contributed by atoms with Crippen LogP contribution in [0.25, 0.3) is 0 Å². The van der Waals surface area contributed by atoms with Crippen molar-refractivity contribution in [3.8, 4) is 5.75 Å². The Hall–Kier alpha value is -2.32. The summed E-state index contributed by atoms with van der Waals surface area (Å²) in [4.78, 5) is 34.5. The van der Waals surface area contributed by atoms with Gasteiger partial charge in [0.25, 0.3) is 5.91 Å². The molecule has 0 heterocycles. The molecule has 0 fully saturated rings. The summed E-state index contributed by atoms with van der Waals surface area (Å²) in [6.45, 7) is 3.43. The Balaban J connectivity index is 0.00000576. The third kappa shape index (κ3) is 8.37. The highest BCUT2D eigenvalue weighted by atomic mass is 35.5. The molecule has 0 aromatic heterocycles. The number of benzene rings is 1. The van der Waals surface area contributed by atoms with Crippen molar-refractivity contribution in [2.75, 3.05) is 25.5 Å².